The van der Waals surface area contributed by atoms with Crippen molar-refractivity contribution < 1.29 is 23.9 Å². The van der Waals surface area contributed by atoms with Crippen molar-refractivity contribution >= 4 is 35.0 Å². The third kappa shape index (κ3) is 4.52. The van der Waals surface area contributed by atoms with E-state index >= 15 is 0 Å². The number of allylic oxidation sites excluding steroid dienone is 2. The maximum Gasteiger partial charge on any atom is 0.308 e. The summed E-state index contributed by atoms with van der Waals surface area (Å²) in [7, 11) is 0. The smallest absolute Gasteiger partial charge is 0.308 e. The van der Waals surface area contributed by atoms with E-state index in [0.29, 0.717) is 27.6 Å². The van der Waals surface area contributed by atoms with Gasteiger partial charge in [0.25, 0.3) is 0 Å². The molecule has 0 saturated heterocycles. The third-order valence-electron chi connectivity index (χ3n) is 6.55. The summed E-state index contributed by atoms with van der Waals surface area (Å²) < 4.78 is 10.8. The molecule has 0 amide bonds. The normalized spacial score (nSPS) is 19.6. The molecule has 0 radical (unpaired) electrons. The van der Waals surface area contributed by atoms with Crippen molar-refractivity contribution in [1.29, 1.82) is 0 Å². The van der Waals surface area contributed by atoms with E-state index in [9.17, 15) is 14.4 Å². The SMILES string of the molecule is CC(=O)Oc1ccc([C@@H]2Nc3c(C(=O)c4ccccc4)cc(Cl)cc3[C@@H]3C=CC[C@H]32)c(OC(C)=O)c1. The van der Waals surface area contributed by atoms with E-state index in [2.05, 4.69) is 17.5 Å². The zero-order valence-electron chi connectivity index (χ0n) is 19.8. The number of esters is 2. The summed E-state index contributed by atoms with van der Waals surface area (Å²) in [5.41, 5.74) is 3.46. The van der Waals surface area contributed by atoms with E-state index in [0.717, 1.165) is 17.5 Å². The summed E-state index contributed by atoms with van der Waals surface area (Å²) in [5, 5.41) is 4.09. The summed E-state index contributed by atoms with van der Waals surface area (Å²) in [5.74, 6) is -0.381. The molecule has 1 aliphatic heterocycles. The van der Waals surface area contributed by atoms with E-state index in [1.165, 1.54) is 13.8 Å². The number of anilines is 1. The van der Waals surface area contributed by atoms with Gasteiger partial charge in [-0.15, -0.1) is 0 Å². The summed E-state index contributed by atoms with van der Waals surface area (Å²) >= 11 is 6.50. The number of hydrogen-bond donors (Lipinski definition) is 1. The molecule has 3 aromatic rings. The highest BCUT2D eigenvalue weighted by Crippen LogP contribution is 2.53. The molecule has 5 rings (SSSR count). The second-order valence-corrected chi connectivity index (χ2v) is 9.41. The van der Waals surface area contributed by atoms with Crippen LogP contribution in [0.15, 0.2) is 72.8 Å². The van der Waals surface area contributed by atoms with Gasteiger partial charge in [-0.1, -0.05) is 54.1 Å². The average molecular weight is 502 g/mol. The second kappa shape index (κ2) is 9.63. The van der Waals surface area contributed by atoms with Gasteiger partial charge in [0, 0.05) is 53.2 Å². The predicted molar refractivity (Wildman–Crippen MR) is 137 cm³/mol. The summed E-state index contributed by atoms with van der Waals surface area (Å²) in [4.78, 5) is 36.9. The number of rotatable bonds is 5. The minimum Gasteiger partial charge on any atom is -0.427 e. The van der Waals surface area contributed by atoms with Crippen LogP contribution in [-0.2, 0) is 9.59 Å². The van der Waals surface area contributed by atoms with Crippen LogP contribution in [0.5, 0.6) is 11.5 Å². The van der Waals surface area contributed by atoms with Gasteiger partial charge in [-0.25, -0.2) is 0 Å². The molecule has 0 saturated carbocycles. The van der Waals surface area contributed by atoms with Crippen molar-refractivity contribution in [3.63, 3.8) is 0 Å². The molecule has 1 heterocycles. The first-order valence-electron chi connectivity index (χ1n) is 11.7. The Morgan fingerprint density at radius 2 is 1.67 bits per heavy atom. The van der Waals surface area contributed by atoms with Gasteiger partial charge in [0.05, 0.1) is 6.04 Å². The van der Waals surface area contributed by atoms with Crippen LogP contribution in [0.1, 0.15) is 59.3 Å². The van der Waals surface area contributed by atoms with Crippen LogP contribution in [0, 0.1) is 5.92 Å². The minimum absolute atomic E-state index is 0.0191. The molecule has 0 bridgehead atoms. The number of ketones is 1. The number of hydrogen-bond acceptors (Lipinski definition) is 6. The molecule has 36 heavy (non-hydrogen) atoms. The maximum absolute atomic E-state index is 13.5. The van der Waals surface area contributed by atoms with E-state index in [1.54, 1.807) is 36.4 Å². The molecular formula is C29H24ClNO5. The molecule has 1 N–H and O–H groups in total. The Morgan fingerprint density at radius 1 is 0.917 bits per heavy atom. The lowest BCUT2D eigenvalue weighted by Gasteiger charge is -2.39. The summed E-state index contributed by atoms with van der Waals surface area (Å²) in [6.45, 7) is 2.63. The lowest BCUT2D eigenvalue weighted by Crippen LogP contribution is -2.31. The third-order valence-corrected chi connectivity index (χ3v) is 6.77. The molecular weight excluding hydrogens is 478 g/mol. The summed E-state index contributed by atoms with van der Waals surface area (Å²) in [6.07, 6.45) is 5.06. The van der Waals surface area contributed by atoms with Crippen molar-refractivity contribution in [3.05, 3.63) is 100 Å². The predicted octanol–water partition coefficient (Wildman–Crippen LogP) is 6.25. The molecule has 0 aromatic heterocycles. The van der Waals surface area contributed by atoms with E-state index in [1.807, 2.05) is 24.3 Å². The quantitative estimate of drug-likeness (QED) is 0.193. The van der Waals surface area contributed by atoms with Crippen molar-refractivity contribution in [2.75, 3.05) is 5.32 Å². The first kappa shape index (κ1) is 23.8. The first-order chi connectivity index (χ1) is 17.3. The maximum atomic E-state index is 13.5. The number of carbonyl (C=O) groups excluding carboxylic acids is 3. The molecule has 7 heteroatoms. The molecule has 0 fully saturated rings. The Labute approximate surface area is 213 Å². The molecule has 6 nitrogen and oxygen atoms in total. The number of carbonyl (C=O) groups is 3. The van der Waals surface area contributed by atoms with Crippen LogP contribution in [0.3, 0.4) is 0 Å². The lowest BCUT2D eigenvalue weighted by atomic mass is 9.75. The van der Waals surface area contributed by atoms with E-state index in [-0.39, 0.29) is 29.4 Å². The van der Waals surface area contributed by atoms with Crippen molar-refractivity contribution in [3.8, 4) is 11.5 Å². The van der Waals surface area contributed by atoms with Crippen LogP contribution >= 0.6 is 11.6 Å². The van der Waals surface area contributed by atoms with Crippen LogP contribution < -0.4 is 14.8 Å². The van der Waals surface area contributed by atoms with Crippen molar-refractivity contribution in [1.82, 2.24) is 0 Å². The Hall–Kier alpha value is -3.90. The highest BCUT2D eigenvalue weighted by atomic mass is 35.5. The number of benzene rings is 3. The van der Waals surface area contributed by atoms with Crippen LogP contribution in [0.4, 0.5) is 5.69 Å². The largest absolute Gasteiger partial charge is 0.427 e. The number of halogens is 1. The van der Waals surface area contributed by atoms with Gasteiger partial charge < -0.3 is 14.8 Å². The highest BCUT2D eigenvalue weighted by molar-refractivity contribution is 6.31. The minimum atomic E-state index is -0.486. The van der Waals surface area contributed by atoms with E-state index in [4.69, 9.17) is 21.1 Å². The van der Waals surface area contributed by atoms with Crippen LogP contribution in [-0.4, -0.2) is 17.7 Å². The fraction of sp³-hybridized carbons (Fsp3) is 0.207. The van der Waals surface area contributed by atoms with E-state index < -0.39 is 11.9 Å². The monoisotopic (exact) mass is 501 g/mol. The molecule has 0 spiro atoms. The Kier molecular flexibility index (Phi) is 6.37. The van der Waals surface area contributed by atoms with Crippen molar-refractivity contribution in [2.45, 2.75) is 32.2 Å². The molecule has 1 aliphatic carbocycles. The first-order valence-corrected chi connectivity index (χ1v) is 12.1. The van der Waals surface area contributed by atoms with Crippen molar-refractivity contribution in [2.24, 2.45) is 5.92 Å². The topological polar surface area (TPSA) is 81.7 Å². The van der Waals surface area contributed by atoms with Crippen LogP contribution in [0.25, 0.3) is 0 Å². The van der Waals surface area contributed by atoms with Gasteiger partial charge in [-0.05, 0) is 42.2 Å². The Morgan fingerprint density at radius 3 is 2.39 bits per heavy atom. The zero-order chi connectivity index (χ0) is 25.4. The van der Waals surface area contributed by atoms with Crippen LogP contribution in [0.2, 0.25) is 5.02 Å². The number of fused-ring (bicyclic) bond motifs is 3. The second-order valence-electron chi connectivity index (χ2n) is 8.98. The standard InChI is InChI=1S/C29H24ClNO5/c1-16(32)35-20-11-12-23(26(15-20)36-17(2)33)27-22-10-6-9-21(22)24-13-19(30)14-25(28(24)31-27)29(34)18-7-4-3-5-8-18/h3-9,11-15,21-22,27,31H,10H2,1-2H3/t21-,22-,27-/m1/s1. The number of nitrogens with one attached hydrogen (secondary N) is 1. The highest BCUT2D eigenvalue weighted by Gasteiger charge is 2.41. The van der Waals surface area contributed by atoms with Gasteiger partial charge in [-0.3, -0.25) is 14.4 Å². The van der Waals surface area contributed by atoms with Gasteiger partial charge in [0.2, 0.25) is 0 Å². The Balaban J connectivity index is 1.63. The molecule has 3 atom stereocenters. The molecule has 182 valence electrons. The lowest BCUT2D eigenvalue weighted by molar-refractivity contribution is -0.132. The summed E-state index contributed by atoms with van der Waals surface area (Å²) in [6, 6.07) is 17.4. The Bertz CT molecular complexity index is 1400. The van der Waals surface area contributed by atoms with Gasteiger partial charge in [-0.2, -0.15) is 0 Å². The fourth-order valence-electron chi connectivity index (χ4n) is 5.14. The van der Waals surface area contributed by atoms with Gasteiger partial charge >= 0.3 is 11.9 Å². The van der Waals surface area contributed by atoms with Gasteiger partial charge in [0.15, 0.2) is 5.78 Å². The van der Waals surface area contributed by atoms with Gasteiger partial charge in [0.1, 0.15) is 11.5 Å². The molecule has 3 aromatic carbocycles. The number of ether oxygens (including phenoxy) is 2. The zero-order valence-corrected chi connectivity index (χ0v) is 20.5. The fourth-order valence-corrected chi connectivity index (χ4v) is 5.37. The molecule has 2 aliphatic rings. The molecule has 0 unspecified atom stereocenters. The average Bonchev–Trinajstić information content (AvgIpc) is 3.33.